The first-order chi connectivity index (χ1) is 5.06. The average molecular weight is 200 g/mol. The van der Waals surface area contributed by atoms with Crippen molar-refractivity contribution in [1.29, 1.82) is 0 Å². The van der Waals surface area contributed by atoms with Gasteiger partial charge in [-0.05, 0) is 6.42 Å². The molecular formula is C7H13NaO3S. The van der Waals surface area contributed by atoms with Crippen LogP contribution in [0, 0.1) is 0 Å². The van der Waals surface area contributed by atoms with E-state index in [1.807, 2.05) is 0 Å². The number of unbranched alkanes of at least 4 members (excludes halogenated alkanes) is 2. The van der Waals surface area contributed by atoms with E-state index >= 15 is 0 Å². The maximum Gasteiger partial charge on any atom is 1.00 e. The molecule has 3 nitrogen and oxygen atoms in total. The van der Waals surface area contributed by atoms with Gasteiger partial charge in [-0.25, -0.2) is 8.42 Å². The first-order valence-corrected chi connectivity index (χ1v) is 5.22. The molecule has 0 aliphatic heterocycles. The third-order valence-corrected chi connectivity index (χ3v) is 1.79. The summed E-state index contributed by atoms with van der Waals surface area (Å²) in [5.41, 5.74) is 0. The Morgan fingerprint density at radius 2 is 1.92 bits per heavy atom. The third-order valence-electron chi connectivity index (χ3n) is 1.19. The summed E-state index contributed by atoms with van der Waals surface area (Å²) in [6.45, 7) is 2.05. The first kappa shape index (κ1) is 15.1. The normalized spacial score (nSPS) is 11.5. The minimum Gasteiger partial charge on any atom is -0.748 e. The van der Waals surface area contributed by atoms with Crippen molar-refractivity contribution in [2.45, 2.75) is 26.2 Å². The van der Waals surface area contributed by atoms with Gasteiger partial charge in [0, 0.05) is 0 Å². The van der Waals surface area contributed by atoms with E-state index in [2.05, 4.69) is 6.92 Å². The van der Waals surface area contributed by atoms with E-state index in [0.717, 1.165) is 19.3 Å². The molecule has 0 amide bonds. The van der Waals surface area contributed by atoms with Crippen molar-refractivity contribution in [2.24, 2.45) is 0 Å². The summed E-state index contributed by atoms with van der Waals surface area (Å²) in [6, 6.07) is 0. The zero-order valence-electron chi connectivity index (χ0n) is 7.62. The summed E-state index contributed by atoms with van der Waals surface area (Å²) >= 11 is 0. The van der Waals surface area contributed by atoms with Crippen LogP contribution in [0.3, 0.4) is 0 Å². The zero-order valence-corrected chi connectivity index (χ0v) is 10.4. The SMILES string of the molecule is CCCC/C=C/CS(=O)(=O)[O-].[Na+]. The van der Waals surface area contributed by atoms with Gasteiger partial charge in [0.05, 0.1) is 15.9 Å². The van der Waals surface area contributed by atoms with Gasteiger partial charge in [0.15, 0.2) is 0 Å². The maximum absolute atomic E-state index is 10.1. The molecule has 5 heteroatoms. The first-order valence-electron chi connectivity index (χ1n) is 3.65. The Hall–Kier alpha value is 0.650. The largest absolute Gasteiger partial charge is 1.00 e. The molecule has 12 heavy (non-hydrogen) atoms. The van der Waals surface area contributed by atoms with Gasteiger partial charge >= 0.3 is 29.6 Å². The molecule has 0 aromatic carbocycles. The molecule has 0 fully saturated rings. The van der Waals surface area contributed by atoms with Gasteiger partial charge in [0.2, 0.25) is 0 Å². The van der Waals surface area contributed by atoms with Crippen LogP contribution in [0.4, 0.5) is 0 Å². The third kappa shape index (κ3) is 13.3. The summed E-state index contributed by atoms with van der Waals surface area (Å²) in [7, 11) is -4.05. The number of allylic oxidation sites excluding steroid dienone is 1. The molecule has 0 saturated heterocycles. The fourth-order valence-corrected chi connectivity index (χ4v) is 0.998. The fourth-order valence-electron chi connectivity index (χ4n) is 0.626. The monoisotopic (exact) mass is 200 g/mol. The summed E-state index contributed by atoms with van der Waals surface area (Å²) < 4.78 is 30.2. The van der Waals surface area contributed by atoms with Crippen LogP contribution in [0.5, 0.6) is 0 Å². The van der Waals surface area contributed by atoms with E-state index in [1.54, 1.807) is 6.08 Å². The van der Waals surface area contributed by atoms with E-state index in [4.69, 9.17) is 0 Å². The molecule has 0 aliphatic rings. The predicted octanol–water partition coefficient (Wildman–Crippen LogP) is -1.72. The Balaban J connectivity index is 0. The minimum absolute atomic E-state index is 0. The van der Waals surface area contributed by atoms with E-state index in [-0.39, 0.29) is 35.3 Å². The van der Waals surface area contributed by atoms with Crippen molar-refractivity contribution < 1.29 is 42.5 Å². The Morgan fingerprint density at radius 1 is 1.33 bits per heavy atom. The topological polar surface area (TPSA) is 57.2 Å². The molecular weight excluding hydrogens is 187 g/mol. The molecule has 66 valence electrons. The molecule has 0 aromatic rings. The molecule has 0 saturated carbocycles. The van der Waals surface area contributed by atoms with E-state index in [0.29, 0.717) is 0 Å². The molecule has 0 atom stereocenters. The van der Waals surface area contributed by atoms with Crippen molar-refractivity contribution in [1.82, 2.24) is 0 Å². The second-order valence-corrected chi connectivity index (χ2v) is 3.79. The maximum atomic E-state index is 10.1. The average Bonchev–Trinajstić information content (AvgIpc) is 1.85. The fraction of sp³-hybridized carbons (Fsp3) is 0.714. The number of hydrogen-bond acceptors (Lipinski definition) is 3. The zero-order chi connectivity index (χ0) is 8.74. The van der Waals surface area contributed by atoms with Crippen LogP contribution in [0.1, 0.15) is 26.2 Å². The van der Waals surface area contributed by atoms with Crippen LogP contribution in [-0.4, -0.2) is 18.7 Å². The Kier molecular flexibility index (Phi) is 10.4. The minimum atomic E-state index is -4.05. The van der Waals surface area contributed by atoms with Gasteiger partial charge in [0.25, 0.3) is 0 Å². The van der Waals surface area contributed by atoms with Crippen LogP contribution < -0.4 is 29.6 Å². The molecule has 0 unspecified atom stereocenters. The van der Waals surface area contributed by atoms with Crippen LogP contribution in [0.15, 0.2) is 12.2 Å². The van der Waals surface area contributed by atoms with Gasteiger partial charge in [-0.2, -0.15) is 0 Å². The van der Waals surface area contributed by atoms with Crippen molar-refractivity contribution in [2.75, 3.05) is 5.75 Å². The Morgan fingerprint density at radius 3 is 2.33 bits per heavy atom. The molecule has 0 aliphatic carbocycles. The second kappa shape index (κ2) is 8.26. The quantitative estimate of drug-likeness (QED) is 0.230. The Labute approximate surface area is 96.3 Å². The van der Waals surface area contributed by atoms with E-state index in [1.165, 1.54) is 6.08 Å². The van der Waals surface area contributed by atoms with Crippen molar-refractivity contribution in [3.8, 4) is 0 Å². The predicted molar refractivity (Wildman–Crippen MR) is 43.2 cm³/mol. The second-order valence-electron chi connectivity index (χ2n) is 2.34. The molecule has 0 radical (unpaired) electrons. The van der Waals surface area contributed by atoms with Crippen LogP contribution in [-0.2, 0) is 10.1 Å². The summed E-state index contributed by atoms with van der Waals surface area (Å²) in [5, 5.41) is 0. The molecule has 0 rings (SSSR count). The van der Waals surface area contributed by atoms with Crippen LogP contribution in [0.2, 0.25) is 0 Å². The standard InChI is InChI=1S/C7H14O3S.Na/c1-2-3-4-5-6-7-11(8,9)10;/h5-6H,2-4,7H2,1H3,(H,8,9,10);/q;+1/p-1/b6-5+;. The molecule has 0 heterocycles. The molecule has 0 aromatic heterocycles. The van der Waals surface area contributed by atoms with E-state index < -0.39 is 10.1 Å². The van der Waals surface area contributed by atoms with Crippen molar-refractivity contribution >= 4 is 10.1 Å². The van der Waals surface area contributed by atoms with Crippen LogP contribution in [0.25, 0.3) is 0 Å². The van der Waals surface area contributed by atoms with Gasteiger partial charge < -0.3 is 4.55 Å². The molecule has 0 spiro atoms. The van der Waals surface area contributed by atoms with E-state index in [9.17, 15) is 13.0 Å². The van der Waals surface area contributed by atoms with Crippen molar-refractivity contribution in [3.05, 3.63) is 12.2 Å². The molecule has 0 N–H and O–H groups in total. The summed E-state index contributed by atoms with van der Waals surface area (Å²) in [6.07, 6.45) is 6.12. The van der Waals surface area contributed by atoms with Crippen molar-refractivity contribution in [3.63, 3.8) is 0 Å². The molecule has 0 bridgehead atoms. The summed E-state index contributed by atoms with van der Waals surface area (Å²) in [5.74, 6) is -0.378. The van der Waals surface area contributed by atoms with Gasteiger partial charge in [-0.3, -0.25) is 0 Å². The van der Waals surface area contributed by atoms with Gasteiger partial charge in [-0.15, -0.1) is 0 Å². The van der Waals surface area contributed by atoms with Gasteiger partial charge in [-0.1, -0.05) is 31.9 Å². The number of rotatable bonds is 5. The Bertz CT molecular complexity index is 209. The van der Waals surface area contributed by atoms with Gasteiger partial charge in [0.1, 0.15) is 0 Å². The van der Waals surface area contributed by atoms with Crippen LogP contribution >= 0.6 is 0 Å². The number of hydrogen-bond donors (Lipinski definition) is 0. The smallest absolute Gasteiger partial charge is 0.748 e. The summed E-state index contributed by atoms with van der Waals surface area (Å²) in [4.78, 5) is 0.